The number of anilines is 1. The number of rotatable bonds is 3. The van der Waals surface area contributed by atoms with Crippen molar-refractivity contribution in [1.29, 1.82) is 0 Å². The lowest BCUT2D eigenvalue weighted by molar-refractivity contribution is -0.134. The van der Waals surface area contributed by atoms with Gasteiger partial charge in [0.1, 0.15) is 17.9 Å². The van der Waals surface area contributed by atoms with E-state index in [1.165, 1.54) is 23.1 Å². The van der Waals surface area contributed by atoms with Gasteiger partial charge >= 0.3 is 0 Å². The lowest BCUT2D eigenvalue weighted by Crippen LogP contribution is -2.63. The molecule has 0 aromatic heterocycles. The van der Waals surface area contributed by atoms with Crippen LogP contribution in [0.3, 0.4) is 0 Å². The zero-order valence-electron chi connectivity index (χ0n) is 11.3. The summed E-state index contributed by atoms with van der Waals surface area (Å²) >= 11 is 3.11. The molecule has 1 aliphatic rings. The Morgan fingerprint density at radius 2 is 2.00 bits per heavy atom. The highest BCUT2D eigenvalue weighted by atomic mass is 79.9. The minimum Gasteiger partial charge on any atom is -0.342 e. The molecular formula is C14H16BrFN2O2. The van der Waals surface area contributed by atoms with Crippen molar-refractivity contribution < 1.29 is 14.0 Å². The number of benzene rings is 1. The summed E-state index contributed by atoms with van der Waals surface area (Å²) in [7, 11) is 0. The fourth-order valence-electron chi connectivity index (χ4n) is 2.36. The second-order valence-electron chi connectivity index (χ2n) is 4.70. The van der Waals surface area contributed by atoms with Gasteiger partial charge in [-0.15, -0.1) is 0 Å². The first-order valence-electron chi connectivity index (χ1n) is 6.58. The Labute approximate surface area is 125 Å². The largest absolute Gasteiger partial charge is 0.342 e. The van der Waals surface area contributed by atoms with Gasteiger partial charge in [-0.1, -0.05) is 13.8 Å². The van der Waals surface area contributed by atoms with Crippen molar-refractivity contribution in [3.8, 4) is 0 Å². The van der Waals surface area contributed by atoms with Crippen LogP contribution in [0.5, 0.6) is 0 Å². The van der Waals surface area contributed by atoms with Crippen LogP contribution < -0.4 is 10.2 Å². The highest BCUT2D eigenvalue weighted by molar-refractivity contribution is 9.10. The minimum absolute atomic E-state index is 0.155. The Morgan fingerprint density at radius 1 is 1.30 bits per heavy atom. The van der Waals surface area contributed by atoms with E-state index in [2.05, 4.69) is 21.2 Å². The summed E-state index contributed by atoms with van der Waals surface area (Å²) in [5.74, 6) is -0.723. The SMILES string of the molecule is CCC1NC(=O)C(CC)N(c2ccc(F)c(Br)c2)C1=O. The molecule has 108 valence electrons. The topological polar surface area (TPSA) is 49.4 Å². The average molecular weight is 343 g/mol. The number of hydrogen-bond acceptors (Lipinski definition) is 2. The van der Waals surface area contributed by atoms with Crippen LogP contribution in [0.4, 0.5) is 10.1 Å². The molecule has 2 unspecified atom stereocenters. The fourth-order valence-corrected chi connectivity index (χ4v) is 2.72. The summed E-state index contributed by atoms with van der Waals surface area (Å²) in [6.07, 6.45) is 1.03. The Hall–Kier alpha value is -1.43. The normalized spacial score (nSPS) is 22.9. The maximum atomic E-state index is 13.3. The number of halogens is 2. The molecule has 0 spiro atoms. The second-order valence-corrected chi connectivity index (χ2v) is 5.55. The zero-order chi connectivity index (χ0) is 14.9. The van der Waals surface area contributed by atoms with Crippen molar-refractivity contribution in [3.63, 3.8) is 0 Å². The molecule has 0 aliphatic carbocycles. The van der Waals surface area contributed by atoms with E-state index in [0.717, 1.165) is 0 Å². The number of hydrogen-bond donors (Lipinski definition) is 1. The average Bonchev–Trinajstić information content (AvgIpc) is 2.43. The van der Waals surface area contributed by atoms with Gasteiger partial charge in [0.05, 0.1) is 4.47 Å². The number of carbonyl (C=O) groups excluding carboxylic acids is 2. The summed E-state index contributed by atoms with van der Waals surface area (Å²) in [5.41, 5.74) is 0.531. The molecule has 2 atom stereocenters. The van der Waals surface area contributed by atoms with Gasteiger partial charge < -0.3 is 5.32 Å². The van der Waals surface area contributed by atoms with Crippen molar-refractivity contribution in [3.05, 3.63) is 28.5 Å². The van der Waals surface area contributed by atoms with Gasteiger partial charge in [0.15, 0.2) is 0 Å². The first-order valence-corrected chi connectivity index (χ1v) is 7.37. The van der Waals surface area contributed by atoms with Crippen LogP contribution in [0.1, 0.15) is 26.7 Å². The maximum absolute atomic E-state index is 13.3. The predicted octanol–water partition coefficient (Wildman–Crippen LogP) is 2.61. The van der Waals surface area contributed by atoms with E-state index in [-0.39, 0.29) is 16.3 Å². The molecular weight excluding hydrogens is 327 g/mol. The second kappa shape index (κ2) is 5.91. The summed E-state index contributed by atoms with van der Waals surface area (Å²) in [5, 5.41) is 2.73. The first-order chi connectivity index (χ1) is 9.49. The fraction of sp³-hybridized carbons (Fsp3) is 0.429. The summed E-state index contributed by atoms with van der Waals surface area (Å²) in [6.45, 7) is 3.68. The zero-order valence-corrected chi connectivity index (χ0v) is 12.9. The summed E-state index contributed by atoms with van der Waals surface area (Å²) in [6, 6.07) is 3.26. The van der Waals surface area contributed by atoms with Crippen molar-refractivity contribution in [2.45, 2.75) is 38.8 Å². The number of carbonyl (C=O) groups is 2. The van der Waals surface area contributed by atoms with Crippen LogP contribution in [-0.2, 0) is 9.59 Å². The molecule has 1 aromatic carbocycles. The number of nitrogens with one attached hydrogen (secondary N) is 1. The molecule has 1 aromatic rings. The lowest BCUT2D eigenvalue weighted by Gasteiger charge is -2.38. The van der Waals surface area contributed by atoms with E-state index in [4.69, 9.17) is 0 Å². The van der Waals surface area contributed by atoms with Gasteiger partial charge in [-0.05, 0) is 47.0 Å². The Bertz CT molecular complexity index is 550. The van der Waals surface area contributed by atoms with Crippen LogP contribution in [0, 0.1) is 5.82 Å². The van der Waals surface area contributed by atoms with E-state index >= 15 is 0 Å². The van der Waals surface area contributed by atoms with Gasteiger partial charge in [-0.3, -0.25) is 14.5 Å². The molecule has 2 amide bonds. The summed E-state index contributed by atoms with van der Waals surface area (Å²) < 4.78 is 13.6. The molecule has 0 bridgehead atoms. The van der Waals surface area contributed by atoms with E-state index in [1.807, 2.05) is 13.8 Å². The third kappa shape index (κ3) is 2.57. The van der Waals surface area contributed by atoms with Gasteiger partial charge in [0, 0.05) is 5.69 Å². The van der Waals surface area contributed by atoms with Crippen molar-refractivity contribution in [1.82, 2.24) is 5.32 Å². The van der Waals surface area contributed by atoms with E-state index in [1.54, 1.807) is 0 Å². The van der Waals surface area contributed by atoms with Crippen LogP contribution in [0.15, 0.2) is 22.7 Å². The van der Waals surface area contributed by atoms with Crippen LogP contribution in [0.2, 0.25) is 0 Å². The third-order valence-electron chi connectivity index (χ3n) is 3.44. The van der Waals surface area contributed by atoms with E-state index in [9.17, 15) is 14.0 Å². The van der Waals surface area contributed by atoms with Crippen molar-refractivity contribution in [2.75, 3.05) is 4.90 Å². The highest BCUT2D eigenvalue weighted by Gasteiger charge is 2.39. The number of piperazine rings is 1. The molecule has 1 saturated heterocycles. The predicted molar refractivity (Wildman–Crippen MR) is 77.9 cm³/mol. The quantitative estimate of drug-likeness (QED) is 0.917. The Balaban J connectivity index is 2.44. The maximum Gasteiger partial charge on any atom is 0.250 e. The van der Waals surface area contributed by atoms with E-state index < -0.39 is 17.9 Å². The van der Waals surface area contributed by atoms with Crippen LogP contribution >= 0.6 is 15.9 Å². The molecule has 1 N–H and O–H groups in total. The van der Waals surface area contributed by atoms with Gasteiger partial charge in [0.2, 0.25) is 11.8 Å². The minimum atomic E-state index is -0.553. The first kappa shape index (κ1) is 15.0. The van der Waals surface area contributed by atoms with Gasteiger partial charge in [-0.25, -0.2) is 4.39 Å². The standard InChI is InChI=1S/C14H16BrFN2O2/c1-3-11-14(20)18(12(4-2)13(19)17-11)8-5-6-10(16)9(15)7-8/h5-7,11-12H,3-4H2,1-2H3,(H,17,19). The number of nitrogens with zero attached hydrogens (tertiary/aromatic N) is 1. The molecule has 1 aliphatic heterocycles. The van der Waals surface area contributed by atoms with E-state index in [0.29, 0.717) is 18.5 Å². The molecule has 2 rings (SSSR count). The monoisotopic (exact) mass is 342 g/mol. The van der Waals surface area contributed by atoms with Crippen LogP contribution in [0.25, 0.3) is 0 Å². The molecule has 20 heavy (non-hydrogen) atoms. The molecule has 0 saturated carbocycles. The number of amides is 2. The Kier molecular flexibility index (Phi) is 4.42. The highest BCUT2D eigenvalue weighted by Crippen LogP contribution is 2.28. The Morgan fingerprint density at radius 3 is 2.55 bits per heavy atom. The molecule has 4 nitrogen and oxygen atoms in total. The molecule has 1 heterocycles. The van der Waals surface area contributed by atoms with Gasteiger partial charge in [0.25, 0.3) is 0 Å². The third-order valence-corrected chi connectivity index (χ3v) is 4.05. The smallest absolute Gasteiger partial charge is 0.250 e. The van der Waals surface area contributed by atoms with Crippen LogP contribution in [-0.4, -0.2) is 23.9 Å². The molecule has 0 radical (unpaired) electrons. The summed E-state index contributed by atoms with van der Waals surface area (Å²) in [4.78, 5) is 26.0. The molecule has 6 heteroatoms. The van der Waals surface area contributed by atoms with Crippen molar-refractivity contribution >= 4 is 33.4 Å². The van der Waals surface area contributed by atoms with Crippen molar-refractivity contribution in [2.24, 2.45) is 0 Å². The lowest BCUT2D eigenvalue weighted by atomic mass is 10.0. The molecule has 1 fully saturated rings. The van der Waals surface area contributed by atoms with Gasteiger partial charge in [-0.2, -0.15) is 0 Å².